The van der Waals surface area contributed by atoms with Crippen LogP contribution in [0, 0.1) is 17.8 Å². The van der Waals surface area contributed by atoms with E-state index in [1.54, 1.807) is 0 Å². The molecule has 174 valence electrons. The Morgan fingerprint density at radius 2 is 2.00 bits per heavy atom. The minimum absolute atomic E-state index is 0.00517. The third-order valence-electron chi connectivity index (χ3n) is 7.22. The van der Waals surface area contributed by atoms with Crippen LogP contribution in [0.3, 0.4) is 0 Å². The molecule has 0 bridgehead atoms. The fourth-order valence-corrected chi connectivity index (χ4v) is 5.49. The summed E-state index contributed by atoms with van der Waals surface area (Å²) in [4.78, 5) is 15.5. The third-order valence-corrected chi connectivity index (χ3v) is 7.22. The Kier molecular flexibility index (Phi) is 4.76. The van der Waals surface area contributed by atoms with E-state index in [0.717, 1.165) is 62.8 Å². The second-order valence-corrected chi connectivity index (χ2v) is 9.15. The Hall–Kier alpha value is -2.88. The molecule has 0 aromatic carbocycles. The van der Waals surface area contributed by atoms with Gasteiger partial charge in [-0.3, -0.25) is 4.90 Å². The molecule has 6 rings (SSSR count). The van der Waals surface area contributed by atoms with Crippen molar-refractivity contribution in [3.63, 3.8) is 0 Å². The number of aryl methyl sites for hydroxylation is 2. The normalized spacial score (nSPS) is 24.2. The Bertz CT molecular complexity index is 1200. The maximum atomic E-state index is 12.9. The van der Waals surface area contributed by atoms with Gasteiger partial charge in [-0.15, -0.1) is 0 Å². The molecule has 3 aromatic rings. The van der Waals surface area contributed by atoms with Gasteiger partial charge in [0.05, 0.1) is 31.3 Å². The molecule has 0 amide bonds. The van der Waals surface area contributed by atoms with Crippen molar-refractivity contribution >= 4 is 11.2 Å². The molecule has 3 atom stereocenters. The second-order valence-electron chi connectivity index (χ2n) is 9.15. The molecule has 1 saturated carbocycles. The van der Waals surface area contributed by atoms with Gasteiger partial charge in [-0.05, 0) is 42.4 Å². The Labute approximate surface area is 188 Å². The first kappa shape index (κ1) is 20.7. The van der Waals surface area contributed by atoms with Gasteiger partial charge in [-0.2, -0.15) is 13.2 Å². The number of aromatic nitrogens is 4. The molecule has 0 radical (unpaired) electrons. The van der Waals surface area contributed by atoms with Gasteiger partial charge < -0.3 is 14.0 Å². The first-order valence-electron chi connectivity index (χ1n) is 11.2. The molecule has 0 unspecified atom stereocenters. The van der Waals surface area contributed by atoms with Gasteiger partial charge in [0.15, 0.2) is 11.4 Å². The summed E-state index contributed by atoms with van der Waals surface area (Å²) in [6.07, 6.45) is 0.376. The van der Waals surface area contributed by atoms with E-state index in [0.29, 0.717) is 24.4 Å². The van der Waals surface area contributed by atoms with Crippen LogP contribution < -0.4 is 9.47 Å². The molecule has 5 heterocycles. The molecule has 1 saturated heterocycles. The lowest BCUT2D eigenvalue weighted by Crippen LogP contribution is -2.27. The van der Waals surface area contributed by atoms with Crippen LogP contribution in [0.2, 0.25) is 0 Å². The minimum Gasteiger partial charge on any atom is -0.491 e. The van der Waals surface area contributed by atoms with Crippen molar-refractivity contribution < 1.29 is 22.6 Å². The van der Waals surface area contributed by atoms with E-state index in [1.165, 1.54) is 18.2 Å². The number of ether oxygens (including phenoxy) is 2. The summed E-state index contributed by atoms with van der Waals surface area (Å²) in [5.41, 5.74) is 2.51. The molecule has 2 fully saturated rings. The SMILES string of the molecule is COc1cc(C(F)(F)F)cnc1OC[C@@H]1[C@H]2CN(Cc3nc4nccc5c4n3CCC5)C[C@@H]12. The van der Waals surface area contributed by atoms with Gasteiger partial charge >= 0.3 is 6.18 Å². The maximum Gasteiger partial charge on any atom is 0.418 e. The number of likely N-dealkylation sites (tertiary alicyclic amines) is 1. The number of hydrogen-bond acceptors (Lipinski definition) is 6. The lowest BCUT2D eigenvalue weighted by molar-refractivity contribution is -0.138. The fourth-order valence-electron chi connectivity index (χ4n) is 5.49. The number of methoxy groups -OCH3 is 1. The Morgan fingerprint density at radius 3 is 2.76 bits per heavy atom. The molecule has 0 N–H and O–H groups in total. The van der Waals surface area contributed by atoms with Crippen LogP contribution in [-0.4, -0.2) is 51.2 Å². The van der Waals surface area contributed by atoms with E-state index in [2.05, 4.69) is 25.5 Å². The predicted molar refractivity (Wildman–Crippen MR) is 113 cm³/mol. The second kappa shape index (κ2) is 7.58. The van der Waals surface area contributed by atoms with E-state index in [4.69, 9.17) is 14.5 Å². The summed E-state index contributed by atoms with van der Waals surface area (Å²) in [7, 11) is 1.32. The molecular weight excluding hydrogens is 435 g/mol. The van der Waals surface area contributed by atoms with Crippen molar-refractivity contribution in [3.8, 4) is 11.6 Å². The largest absolute Gasteiger partial charge is 0.491 e. The van der Waals surface area contributed by atoms with Crippen LogP contribution in [0.1, 0.15) is 23.4 Å². The zero-order valence-corrected chi connectivity index (χ0v) is 18.2. The molecule has 3 aliphatic rings. The molecule has 3 aromatic heterocycles. The molecule has 33 heavy (non-hydrogen) atoms. The average molecular weight is 459 g/mol. The van der Waals surface area contributed by atoms with Gasteiger partial charge in [0, 0.05) is 37.9 Å². The highest BCUT2D eigenvalue weighted by Gasteiger charge is 2.56. The number of alkyl halides is 3. The van der Waals surface area contributed by atoms with Gasteiger partial charge in [-0.25, -0.2) is 15.0 Å². The van der Waals surface area contributed by atoms with Crippen LogP contribution in [0.4, 0.5) is 13.2 Å². The Morgan fingerprint density at radius 1 is 1.18 bits per heavy atom. The van der Waals surface area contributed by atoms with E-state index in [-0.39, 0.29) is 11.6 Å². The van der Waals surface area contributed by atoms with E-state index in [9.17, 15) is 13.2 Å². The highest BCUT2D eigenvalue weighted by Crippen LogP contribution is 2.52. The third kappa shape index (κ3) is 3.60. The molecule has 7 nitrogen and oxygen atoms in total. The minimum atomic E-state index is -4.47. The van der Waals surface area contributed by atoms with Gasteiger partial charge in [0.1, 0.15) is 5.82 Å². The van der Waals surface area contributed by atoms with Crippen LogP contribution in [0.5, 0.6) is 11.6 Å². The highest BCUT2D eigenvalue weighted by molar-refractivity contribution is 5.76. The monoisotopic (exact) mass is 459 g/mol. The number of piperidine rings is 1. The predicted octanol–water partition coefficient (Wildman–Crippen LogP) is 3.56. The standard InChI is InChI=1S/C23H24F3N5O2/c1-32-18-7-14(23(24,25)26)8-28-22(18)33-12-17-15-9-30(10-16(15)17)11-19-29-21-20-13(4-5-27-21)3-2-6-31(19)20/h4-5,7-8,15-17H,2-3,6,9-12H2,1H3/t15-,16+,17+. The summed E-state index contributed by atoms with van der Waals surface area (Å²) >= 11 is 0. The molecule has 10 heteroatoms. The first-order valence-corrected chi connectivity index (χ1v) is 11.2. The number of rotatable bonds is 6. The Balaban J connectivity index is 1.07. The molecule has 2 aliphatic heterocycles. The van der Waals surface area contributed by atoms with Crippen molar-refractivity contribution in [2.24, 2.45) is 17.8 Å². The lowest BCUT2D eigenvalue weighted by Gasteiger charge is -2.21. The molecular formula is C23H24F3N5O2. The number of halogens is 3. The van der Waals surface area contributed by atoms with E-state index >= 15 is 0 Å². The number of nitrogens with zero attached hydrogens (tertiary/aromatic N) is 5. The lowest BCUT2D eigenvalue weighted by atomic mass is 10.1. The van der Waals surface area contributed by atoms with Crippen LogP contribution >= 0.6 is 0 Å². The molecule has 0 spiro atoms. The van der Waals surface area contributed by atoms with Gasteiger partial charge in [-0.1, -0.05) is 0 Å². The summed E-state index contributed by atoms with van der Waals surface area (Å²) in [6, 6.07) is 3.03. The summed E-state index contributed by atoms with van der Waals surface area (Å²) in [5, 5.41) is 0. The number of hydrogen-bond donors (Lipinski definition) is 0. The van der Waals surface area contributed by atoms with Crippen LogP contribution in [0.15, 0.2) is 24.5 Å². The summed E-state index contributed by atoms with van der Waals surface area (Å²) in [6.45, 7) is 4.18. The van der Waals surface area contributed by atoms with E-state index in [1.807, 2.05) is 6.20 Å². The summed E-state index contributed by atoms with van der Waals surface area (Å²) < 4.78 is 51.8. The van der Waals surface area contributed by atoms with Gasteiger partial charge in [0.2, 0.25) is 0 Å². The number of pyridine rings is 2. The van der Waals surface area contributed by atoms with Crippen molar-refractivity contribution in [1.29, 1.82) is 0 Å². The van der Waals surface area contributed by atoms with Crippen molar-refractivity contribution in [2.45, 2.75) is 32.1 Å². The zero-order chi connectivity index (χ0) is 22.7. The maximum absolute atomic E-state index is 12.9. The first-order chi connectivity index (χ1) is 15.9. The topological polar surface area (TPSA) is 65.3 Å². The van der Waals surface area contributed by atoms with Crippen molar-refractivity contribution in [1.82, 2.24) is 24.4 Å². The van der Waals surface area contributed by atoms with Crippen LogP contribution in [0.25, 0.3) is 11.2 Å². The van der Waals surface area contributed by atoms with Gasteiger partial charge in [0.25, 0.3) is 5.88 Å². The molecule has 1 aliphatic carbocycles. The number of imidazole rings is 1. The quantitative estimate of drug-likeness (QED) is 0.562. The van der Waals surface area contributed by atoms with Crippen molar-refractivity contribution in [2.75, 3.05) is 26.8 Å². The smallest absolute Gasteiger partial charge is 0.418 e. The highest BCUT2D eigenvalue weighted by atomic mass is 19.4. The number of fused-ring (bicyclic) bond motifs is 1. The fraction of sp³-hybridized carbons (Fsp3) is 0.522. The van der Waals surface area contributed by atoms with Crippen LogP contribution in [-0.2, 0) is 25.7 Å². The van der Waals surface area contributed by atoms with Crippen molar-refractivity contribution in [3.05, 3.63) is 41.5 Å². The van der Waals surface area contributed by atoms with E-state index < -0.39 is 11.7 Å². The summed E-state index contributed by atoms with van der Waals surface area (Å²) in [5.74, 6) is 2.65. The zero-order valence-electron chi connectivity index (χ0n) is 18.2. The average Bonchev–Trinajstić information content (AvgIpc) is 3.10.